The molecular formula is C21H40O6. The largest absolute Gasteiger partial charge is 0.377 e. The molecule has 0 amide bonds. The van der Waals surface area contributed by atoms with Gasteiger partial charge in [-0.2, -0.15) is 0 Å². The highest BCUT2D eigenvalue weighted by Crippen LogP contribution is 2.09. The van der Waals surface area contributed by atoms with Crippen molar-refractivity contribution in [3.05, 3.63) is 0 Å². The Morgan fingerprint density at radius 1 is 0.667 bits per heavy atom. The Balaban J connectivity index is 3.25. The first-order valence-corrected chi connectivity index (χ1v) is 10.3. The molecule has 0 aromatic carbocycles. The van der Waals surface area contributed by atoms with Crippen LogP contribution in [-0.2, 0) is 28.5 Å². The molecule has 0 aromatic heterocycles. The van der Waals surface area contributed by atoms with E-state index in [1.165, 1.54) is 0 Å². The minimum absolute atomic E-state index is 0.127. The zero-order valence-corrected chi connectivity index (χ0v) is 17.8. The second-order valence-electron chi connectivity index (χ2n) is 7.27. The van der Waals surface area contributed by atoms with E-state index >= 15 is 0 Å². The second kappa shape index (κ2) is 18.5. The van der Waals surface area contributed by atoms with Crippen LogP contribution >= 0.6 is 0 Å². The molecule has 0 radical (unpaired) electrons. The van der Waals surface area contributed by atoms with E-state index in [9.17, 15) is 9.59 Å². The van der Waals surface area contributed by atoms with E-state index in [1.54, 1.807) is 0 Å². The van der Waals surface area contributed by atoms with Crippen molar-refractivity contribution in [2.75, 3.05) is 46.2 Å². The van der Waals surface area contributed by atoms with E-state index in [0.717, 1.165) is 25.7 Å². The third-order valence-corrected chi connectivity index (χ3v) is 3.96. The molecule has 0 N–H and O–H groups in total. The van der Waals surface area contributed by atoms with Crippen molar-refractivity contribution in [3.63, 3.8) is 0 Å². The fourth-order valence-corrected chi connectivity index (χ4v) is 2.30. The molecule has 6 nitrogen and oxygen atoms in total. The van der Waals surface area contributed by atoms with Crippen LogP contribution in [-0.4, -0.2) is 63.9 Å². The number of Topliss-reactive ketones (excluding diaryl/α,β-unsaturated/α-hetero) is 2. The van der Waals surface area contributed by atoms with E-state index in [0.29, 0.717) is 58.3 Å². The smallest absolute Gasteiger partial charge is 0.158 e. The van der Waals surface area contributed by atoms with Crippen LogP contribution in [0.3, 0.4) is 0 Å². The monoisotopic (exact) mass is 388 g/mol. The summed E-state index contributed by atoms with van der Waals surface area (Å²) in [7, 11) is 0. The highest BCUT2D eigenvalue weighted by atomic mass is 16.6. The predicted octanol–water partition coefficient (Wildman–Crippen LogP) is 3.60. The van der Waals surface area contributed by atoms with Gasteiger partial charge in [0.15, 0.2) is 5.78 Å². The maximum absolute atomic E-state index is 11.7. The van der Waals surface area contributed by atoms with Crippen molar-refractivity contribution in [1.82, 2.24) is 0 Å². The first kappa shape index (κ1) is 26.2. The summed E-state index contributed by atoms with van der Waals surface area (Å²) in [5, 5.41) is 0. The summed E-state index contributed by atoms with van der Waals surface area (Å²) in [6, 6.07) is 0. The van der Waals surface area contributed by atoms with Crippen LogP contribution in [0.2, 0.25) is 0 Å². The van der Waals surface area contributed by atoms with Gasteiger partial charge in [0.2, 0.25) is 0 Å². The molecule has 0 aromatic rings. The number of carbonyl (C=O) groups excluding carboxylic acids is 2. The Morgan fingerprint density at radius 3 is 1.74 bits per heavy atom. The minimum atomic E-state index is 0.127. The second-order valence-corrected chi connectivity index (χ2v) is 7.27. The third-order valence-electron chi connectivity index (χ3n) is 3.96. The molecule has 160 valence electrons. The predicted molar refractivity (Wildman–Crippen MR) is 106 cm³/mol. The summed E-state index contributed by atoms with van der Waals surface area (Å²) in [5.74, 6) is 0.583. The van der Waals surface area contributed by atoms with Gasteiger partial charge in [0.05, 0.1) is 45.7 Å². The zero-order chi connectivity index (χ0) is 20.3. The average molecular weight is 389 g/mol. The number of ether oxygens (including phenoxy) is 4. The molecule has 0 aliphatic carbocycles. The topological polar surface area (TPSA) is 71.1 Å². The minimum Gasteiger partial charge on any atom is -0.377 e. The quantitative estimate of drug-likeness (QED) is 0.297. The van der Waals surface area contributed by atoms with Crippen LogP contribution in [0.25, 0.3) is 0 Å². The Labute approximate surface area is 165 Å². The Hall–Kier alpha value is -0.820. The molecule has 0 rings (SSSR count). The van der Waals surface area contributed by atoms with Crippen molar-refractivity contribution < 1.29 is 28.5 Å². The summed E-state index contributed by atoms with van der Waals surface area (Å²) in [6.07, 6.45) is 5.22. The first-order valence-electron chi connectivity index (χ1n) is 10.3. The van der Waals surface area contributed by atoms with Crippen molar-refractivity contribution >= 4 is 11.6 Å². The van der Waals surface area contributed by atoms with Crippen LogP contribution in [0, 0.1) is 5.92 Å². The third kappa shape index (κ3) is 19.7. The van der Waals surface area contributed by atoms with Crippen LogP contribution in [0.1, 0.15) is 66.2 Å². The average Bonchev–Trinajstić information content (AvgIpc) is 2.61. The Kier molecular flexibility index (Phi) is 18.0. The van der Waals surface area contributed by atoms with Crippen LogP contribution in [0.15, 0.2) is 0 Å². The van der Waals surface area contributed by atoms with Crippen molar-refractivity contribution in [2.45, 2.75) is 72.3 Å². The number of unbranched alkanes of at least 4 members (excludes halogenated alkanes) is 3. The molecule has 0 fully saturated rings. The lowest BCUT2D eigenvalue weighted by Gasteiger charge is -2.08. The number of rotatable bonds is 20. The summed E-state index contributed by atoms with van der Waals surface area (Å²) in [4.78, 5) is 23.2. The number of carbonyl (C=O) groups is 2. The molecular weight excluding hydrogens is 348 g/mol. The van der Waals surface area contributed by atoms with Crippen LogP contribution in [0.4, 0.5) is 0 Å². The normalized spacial score (nSPS) is 11.5. The van der Waals surface area contributed by atoms with Gasteiger partial charge in [-0.3, -0.25) is 9.59 Å². The van der Waals surface area contributed by atoms with Gasteiger partial charge in [0, 0.05) is 18.8 Å². The SMILES string of the molecule is CC(C)OCCOCCOCCOCC(=O)CCCCCCC(=O)C(C)C. The summed E-state index contributed by atoms with van der Waals surface area (Å²) >= 11 is 0. The van der Waals surface area contributed by atoms with Crippen LogP contribution < -0.4 is 0 Å². The van der Waals surface area contributed by atoms with Gasteiger partial charge in [-0.15, -0.1) is 0 Å². The highest BCUT2D eigenvalue weighted by molar-refractivity contribution is 5.80. The maximum atomic E-state index is 11.7. The zero-order valence-electron chi connectivity index (χ0n) is 17.8. The molecule has 6 heteroatoms. The molecule has 0 saturated heterocycles. The molecule has 0 aliphatic heterocycles. The standard InChI is InChI=1S/C21H40O6/c1-18(2)21(23)10-8-6-5-7-9-20(22)17-26-14-13-24-11-12-25-15-16-27-19(3)4/h18-19H,5-17H2,1-4H3. The fraction of sp³-hybridized carbons (Fsp3) is 0.905. The lowest BCUT2D eigenvalue weighted by Crippen LogP contribution is -2.15. The number of ketones is 2. The van der Waals surface area contributed by atoms with Crippen molar-refractivity contribution in [3.8, 4) is 0 Å². The van der Waals surface area contributed by atoms with E-state index in [1.807, 2.05) is 27.7 Å². The Bertz CT molecular complexity index is 368. The number of hydrogen-bond donors (Lipinski definition) is 0. The van der Waals surface area contributed by atoms with Crippen LogP contribution in [0.5, 0.6) is 0 Å². The lowest BCUT2D eigenvalue weighted by atomic mass is 10.0. The van der Waals surface area contributed by atoms with Gasteiger partial charge in [-0.1, -0.05) is 26.7 Å². The fourth-order valence-electron chi connectivity index (χ4n) is 2.30. The van der Waals surface area contributed by atoms with Gasteiger partial charge in [-0.25, -0.2) is 0 Å². The van der Waals surface area contributed by atoms with Crippen molar-refractivity contribution in [1.29, 1.82) is 0 Å². The molecule has 0 unspecified atom stereocenters. The van der Waals surface area contributed by atoms with Gasteiger partial charge in [0.1, 0.15) is 12.4 Å². The first-order chi connectivity index (χ1) is 12.9. The van der Waals surface area contributed by atoms with E-state index in [4.69, 9.17) is 18.9 Å². The maximum Gasteiger partial charge on any atom is 0.158 e. The molecule has 0 atom stereocenters. The van der Waals surface area contributed by atoms with E-state index in [2.05, 4.69) is 0 Å². The number of hydrogen-bond acceptors (Lipinski definition) is 6. The molecule has 27 heavy (non-hydrogen) atoms. The van der Waals surface area contributed by atoms with Gasteiger partial charge >= 0.3 is 0 Å². The van der Waals surface area contributed by atoms with E-state index < -0.39 is 0 Å². The van der Waals surface area contributed by atoms with Gasteiger partial charge in [-0.05, 0) is 26.7 Å². The molecule has 0 spiro atoms. The molecule has 0 bridgehead atoms. The summed E-state index contributed by atoms with van der Waals surface area (Å²) < 4.78 is 21.4. The molecule has 0 heterocycles. The lowest BCUT2D eigenvalue weighted by molar-refractivity contribution is -0.124. The van der Waals surface area contributed by atoms with E-state index in [-0.39, 0.29) is 24.4 Å². The highest BCUT2D eigenvalue weighted by Gasteiger charge is 2.06. The summed E-state index contributed by atoms with van der Waals surface area (Å²) in [5.41, 5.74) is 0. The van der Waals surface area contributed by atoms with Crippen molar-refractivity contribution in [2.24, 2.45) is 5.92 Å². The molecule has 0 saturated carbocycles. The van der Waals surface area contributed by atoms with Gasteiger partial charge in [0.25, 0.3) is 0 Å². The molecule has 0 aliphatic rings. The van der Waals surface area contributed by atoms with Gasteiger partial charge < -0.3 is 18.9 Å². The summed E-state index contributed by atoms with van der Waals surface area (Å²) in [6.45, 7) is 11.1. The Morgan fingerprint density at radius 2 is 1.19 bits per heavy atom.